The SMILES string of the molecule is Cc1ccc(NC(=O)C(C)NCCc2cccs2)cc1. The number of benzene rings is 1. The van der Waals surface area contributed by atoms with Crippen LogP contribution in [0, 0.1) is 6.92 Å². The maximum atomic E-state index is 12.0. The van der Waals surface area contributed by atoms with Crippen molar-refractivity contribution in [3.63, 3.8) is 0 Å². The summed E-state index contributed by atoms with van der Waals surface area (Å²) in [4.78, 5) is 13.4. The summed E-state index contributed by atoms with van der Waals surface area (Å²) in [6.45, 7) is 4.72. The smallest absolute Gasteiger partial charge is 0.241 e. The molecule has 1 unspecified atom stereocenters. The summed E-state index contributed by atoms with van der Waals surface area (Å²) in [6, 6.07) is 11.8. The number of amides is 1. The van der Waals surface area contributed by atoms with Crippen molar-refractivity contribution in [2.75, 3.05) is 11.9 Å². The lowest BCUT2D eigenvalue weighted by Gasteiger charge is -2.14. The van der Waals surface area contributed by atoms with Crippen molar-refractivity contribution in [2.45, 2.75) is 26.3 Å². The van der Waals surface area contributed by atoms with Gasteiger partial charge in [-0.15, -0.1) is 11.3 Å². The lowest BCUT2D eigenvalue weighted by molar-refractivity contribution is -0.117. The minimum atomic E-state index is -0.198. The molecule has 20 heavy (non-hydrogen) atoms. The van der Waals surface area contributed by atoms with Crippen LogP contribution >= 0.6 is 11.3 Å². The Balaban J connectivity index is 1.75. The highest BCUT2D eigenvalue weighted by molar-refractivity contribution is 7.09. The molecule has 3 nitrogen and oxygen atoms in total. The summed E-state index contributed by atoms with van der Waals surface area (Å²) in [5.41, 5.74) is 2.03. The summed E-state index contributed by atoms with van der Waals surface area (Å²) >= 11 is 1.75. The molecule has 106 valence electrons. The number of anilines is 1. The van der Waals surface area contributed by atoms with E-state index in [2.05, 4.69) is 22.1 Å². The number of aryl methyl sites for hydroxylation is 1. The van der Waals surface area contributed by atoms with Crippen LogP contribution in [0.5, 0.6) is 0 Å². The van der Waals surface area contributed by atoms with Crippen molar-refractivity contribution in [1.29, 1.82) is 0 Å². The maximum absolute atomic E-state index is 12.0. The molecule has 0 saturated heterocycles. The van der Waals surface area contributed by atoms with Crippen LogP contribution in [0.3, 0.4) is 0 Å². The fraction of sp³-hybridized carbons (Fsp3) is 0.312. The first kappa shape index (κ1) is 14.8. The Morgan fingerprint density at radius 1 is 1.25 bits per heavy atom. The van der Waals surface area contributed by atoms with Crippen molar-refractivity contribution in [3.8, 4) is 0 Å². The van der Waals surface area contributed by atoms with E-state index in [9.17, 15) is 4.79 Å². The fourth-order valence-electron chi connectivity index (χ4n) is 1.85. The number of hydrogen-bond acceptors (Lipinski definition) is 3. The topological polar surface area (TPSA) is 41.1 Å². The first-order valence-electron chi connectivity index (χ1n) is 6.78. The van der Waals surface area contributed by atoms with Crippen LogP contribution in [0.4, 0.5) is 5.69 Å². The molecule has 0 aliphatic heterocycles. The molecule has 1 atom stereocenters. The van der Waals surface area contributed by atoms with Gasteiger partial charge >= 0.3 is 0 Å². The first-order chi connectivity index (χ1) is 9.65. The van der Waals surface area contributed by atoms with Crippen LogP contribution < -0.4 is 10.6 Å². The van der Waals surface area contributed by atoms with E-state index in [-0.39, 0.29) is 11.9 Å². The number of thiophene rings is 1. The number of carbonyl (C=O) groups excluding carboxylic acids is 1. The van der Waals surface area contributed by atoms with Gasteiger partial charge in [-0.3, -0.25) is 4.79 Å². The van der Waals surface area contributed by atoms with Gasteiger partial charge in [-0.2, -0.15) is 0 Å². The average molecular weight is 288 g/mol. The molecule has 4 heteroatoms. The highest BCUT2D eigenvalue weighted by atomic mass is 32.1. The molecule has 0 saturated carbocycles. The van der Waals surface area contributed by atoms with Crippen molar-refractivity contribution < 1.29 is 4.79 Å². The standard InChI is InChI=1S/C16H20N2OS/c1-12-5-7-14(8-6-12)18-16(19)13(2)17-10-9-15-4-3-11-20-15/h3-8,11,13,17H,9-10H2,1-2H3,(H,18,19). The molecule has 0 fully saturated rings. The number of nitrogens with one attached hydrogen (secondary N) is 2. The van der Waals surface area contributed by atoms with Crippen molar-refractivity contribution in [2.24, 2.45) is 0 Å². The lowest BCUT2D eigenvalue weighted by Crippen LogP contribution is -2.38. The molecule has 1 amide bonds. The lowest BCUT2D eigenvalue weighted by atomic mass is 10.2. The van der Waals surface area contributed by atoms with Crippen molar-refractivity contribution in [1.82, 2.24) is 5.32 Å². The molecule has 1 heterocycles. The minimum Gasteiger partial charge on any atom is -0.325 e. The number of hydrogen-bond donors (Lipinski definition) is 2. The van der Waals surface area contributed by atoms with Crippen LogP contribution in [0.1, 0.15) is 17.4 Å². The summed E-state index contributed by atoms with van der Waals surface area (Å²) in [5.74, 6) is 0.0000302. The van der Waals surface area contributed by atoms with Gasteiger partial charge in [0, 0.05) is 17.1 Å². The van der Waals surface area contributed by atoms with Gasteiger partial charge in [0.1, 0.15) is 0 Å². The molecular weight excluding hydrogens is 268 g/mol. The largest absolute Gasteiger partial charge is 0.325 e. The summed E-state index contributed by atoms with van der Waals surface area (Å²) < 4.78 is 0. The first-order valence-corrected chi connectivity index (χ1v) is 7.66. The quantitative estimate of drug-likeness (QED) is 0.857. The zero-order chi connectivity index (χ0) is 14.4. The van der Waals surface area contributed by atoms with Gasteiger partial charge in [-0.1, -0.05) is 23.8 Å². The van der Waals surface area contributed by atoms with Crippen LogP contribution in [-0.4, -0.2) is 18.5 Å². The predicted octanol–water partition coefficient (Wildman–Crippen LogP) is 3.22. The van der Waals surface area contributed by atoms with Crippen LogP contribution in [0.15, 0.2) is 41.8 Å². The van der Waals surface area contributed by atoms with E-state index in [1.807, 2.05) is 44.2 Å². The highest BCUT2D eigenvalue weighted by Crippen LogP contribution is 2.10. The second-order valence-corrected chi connectivity index (χ2v) is 5.89. The van der Waals surface area contributed by atoms with Crippen LogP contribution in [-0.2, 0) is 11.2 Å². The van der Waals surface area contributed by atoms with E-state index >= 15 is 0 Å². The molecule has 0 bridgehead atoms. The second-order valence-electron chi connectivity index (χ2n) is 4.86. The highest BCUT2D eigenvalue weighted by Gasteiger charge is 2.11. The van der Waals surface area contributed by atoms with Gasteiger partial charge in [0.15, 0.2) is 0 Å². The summed E-state index contributed by atoms with van der Waals surface area (Å²) in [7, 11) is 0. The number of carbonyl (C=O) groups is 1. The molecule has 0 spiro atoms. The van der Waals surface area contributed by atoms with E-state index in [0.29, 0.717) is 0 Å². The Bertz CT molecular complexity index is 534. The second kappa shape index (κ2) is 7.22. The van der Waals surface area contributed by atoms with Gasteiger partial charge in [-0.05, 0) is 43.8 Å². The zero-order valence-corrected chi connectivity index (χ0v) is 12.7. The normalized spacial score (nSPS) is 12.1. The molecule has 1 aromatic carbocycles. The molecule has 1 aromatic heterocycles. The third-order valence-corrected chi connectivity index (χ3v) is 4.05. The van der Waals surface area contributed by atoms with E-state index < -0.39 is 0 Å². The Labute approximate surface area is 124 Å². The number of rotatable bonds is 6. The molecule has 0 aliphatic carbocycles. The van der Waals surface area contributed by atoms with E-state index in [0.717, 1.165) is 18.7 Å². The Morgan fingerprint density at radius 2 is 2.00 bits per heavy atom. The average Bonchev–Trinajstić information content (AvgIpc) is 2.94. The Hall–Kier alpha value is -1.65. The summed E-state index contributed by atoms with van der Waals surface area (Å²) in [6.07, 6.45) is 0.958. The van der Waals surface area contributed by atoms with E-state index in [1.54, 1.807) is 11.3 Å². The van der Waals surface area contributed by atoms with Gasteiger partial charge in [-0.25, -0.2) is 0 Å². The van der Waals surface area contributed by atoms with E-state index in [1.165, 1.54) is 10.4 Å². The summed E-state index contributed by atoms with van der Waals surface area (Å²) in [5, 5.41) is 8.23. The molecule has 0 aliphatic rings. The Morgan fingerprint density at radius 3 is 2.65 bits per heavy atom. The third kappa shape index (κ3) is 4.47. The van der Waals surface area contributed by atoms with Gasteiger partial charge in [0.05, 0.1) is 6.04 Å². The third-order valence-electron chi connectivity index (χ3n) is 3.11. The Kier molecular flexibility index (Phi) is 5.32. The monoisotopic (exact) mass is 288 g/mol. The van der Waals surface area contributed by atoms with Crippen molar-refractivity contribution >= 4 is 22.9 Å². The van der Waals surface area contributed by atoms with Crippen molar-refractivity contribution in [3.05, 3.63) is 52.2 Å². The molecular formula is C16H20N2OS. The van der Waals surface area contributed by atoms with Gasteiger partial charge in [0.25, 0.3) is 0 Å². The minimum absolute atomic E-state index is 0.0000302. The maximum Gasteiger partial charge on any atom is 0.241 e. The van der Waals surface area contributed by atoms with E-state index in [4.69, 9.17) is 0 Å². The van der Waals surface area contributed by atoms with Gasteiger partial charge < -0.3 is 10.6 Å². The van der Waals surface area contributed by atoms with Crippen LogP contribution in [0.2, 0.25) is 0 Å². The zero-order valence-electron chi connectivity index (χ0n) is 11.8. The predicted molar refractivity (Wildman–Crippen MR) is 85.3 cm³/mol. The molecule has 2 rings (SSSR count). The molecule has 2 aromatic rings. The molecule has 2 N–H and O–H groups in total. The van der Waals surface area contributed by atoms with Crippen LogP contribution in [0.25, 0.3) is 0 Å². The fourth-order valence-corrected chi connectivity index (χ4v) is 2.56. The van der Waals surface area contributed by atoms with Gasteiger partial charge in [0.2, 0.25) is 5.91 Å². The molecule has 0 radical (unpaired) electrons.